The van der Waals surface area contributed by atoms with Gasteiger partial charge in [-0.2, -0.15) is 4.31 Å². The molecule has 1 saturated heterocycles. The highest BCUT2D eigenvalue weighted by Gasteiger charge is 2.35. The molecule has 2 atom stereocenters. The van der Waals surface area contributed by atoms with Gasteiger partial charge < -0.3 is 4.74 Å². The molecule has 0 aromatic heterocycles. The van der Waals surface area contributed by atoms with Crippen LogP contribution in [0.4, 0.5) is 0 Å². The van der Waals surface area contributed by atoms with E-state index in [0.717, 1.165) is 11.1 Å². The zero-order valence-corrected chi connectivity index (χ0v) is 15.2. The number of halogens is 1. The predicted molar refractivity (Wildman–Crippen MR) is 94.7 cm³/mol. The standard InChI is InChI=1S/C18H20ClNO3S/c1-13-7-9-15(10-8-13)17-12-20(11-14(2)23-17)24(21,22)18-6-4-3-5-16(18)19/h3-10,14,17H,11-12H2,1-2H3. The molecule has 1 aliphatic heterocycles. The molecule has 0 amide bonds. The molecule has 0 saturated carbocycles. The Morgan fingerprint density at radius 2 is 1.75 bits per heavy atom. The van der Waals surface area contributed by atoms with E-state index in [1.54, 1.807) is 24.3 Å². The van der Waals surface area contributed by atoms with Crippen molar-refractivity contribution < 1.29 is 13.2 Å². The molecule has 4 nitrogen and oxygen atoms in total. The monoisotopic (exact) mass is 365 g/mol. The summed E-state index contributed by atoms with van der Waals surface area (Å²) in [5.41, 5.74) is 2.13. The first-order valence-electron chi connectivity index (χ1n) is 7.84. The Labute approximate surface area is 148 Å². The summed E-state index contributed by atoms with van der Waals surface area (Å²) in [4.78, 5) is 0.142. The topological polar surface area (TPSA) is 46.6 Å². The highest BCUT2D eigenvalue weighted by atomic mass is 35.5. The summed E-state index contributed by atoms with van der Waals surface area (Å²) >= 11 is 6.10. The molecular weight excluding hydrogens is 346 g/mol. The zero-order valence-electron chi connectivity index (χ0n) is 13.6. The number of sulfonamides is 1. The van der Waals surface area contributed by atoms with Crippen molar-refractivity contribution >= 4 is 21.6 Å². The number of morpholine rings is 1. The number of benzene rings is 2. The summed E-state index contributed by atoms with van der Waals surface area (Å²) in [6.07, 6.45) is -0.478. The van der Waals surface area contributed by atoms with Crippen LogP contribution in [0.3, 0.4) is 0 Å². The number of nitrogens with zero attached hydrogens (tertiary/aromatic N) is 1. The van der Waals surface area contributed by atoms with E-state index in [9.17, 15) is 8.42 Å². The quantitative estimate of drug-likeness (QED) is 0.831. The van der Waals surface area contributed by atoms with E-state index in [1.165, 1.54) is 4.31 Å². The minimum absolute atomic E-state index is 0.142. The minimum Gasteiger partial charge on any atom is -0.368 e. The second-order valence-electron chi connectivity index (χ2n) is 6.10. The summed E-state index contributed by atoms with van der Waals surface area (Å²) in [6.45, 7) is 4.49. The fourth-order valence-corrected chi connectivity index (χ4v) is 4.88. The van der Waals surface area contributed by atoms with Gasteiger partial charge in [0.05, 0.1) is 17.2 Å². The Morgan fingerprint density at radius 1 is 1.08 bits per heavy atom. The van der Waals surface area contributed by atoms with Crippen LogP contribution in [0.2, 0.25) is 5.02 Å². The maximum atomic E-state index is 13.0. The van der Waals surface area contributed by atoms with E-state index in [2.05, 4.69) is 0 Å². The van der Waals surface area contributed by atoms with E-state index in [0.29, 0.717) is 6.54 Å². The highest BCUT2D eigenvalue weighted by Crippen LogP contribution is 2.31. The third kappa shape index (κ3) is 3.49. The Hall–Kier alpha value is -1.40. The van der Waals surface area contributed by atoms with E-state index in [-0.39, 0.29) is 28.7 Å². The molecule has 2 unspecified atom stereocenters. The van der Waals surface area contributed by atoms with Gasteiger partial charge in [-0.25, -0.2) is 8.42 Å². The lowest BCUT2D eigenvalue weighted by atomic mass is 10.1. The molecule has 3 rings (SSSR count). The number of hydrogen-bond acceptors (Lipinski definition) is 3. The van der Waals surface area contributed by atoms with E-state index in [4.69, 9.17) is 16.3 Å². The highest BCUT2D eigenvalue weighted by molar-refractivity contribution is 7.89. The van der Waals surface area contributed by atoms with Crippen molar-refractivity contribution in [1.82, 2.24) is 4.31 Å². The van der Waals surface area contributed by atoms with Crippen molar-refractivity contribution in [3.05, 3.63) is 64.7 Å². The summed E-state index contributed by atoms with van der Waals surface area (Å²) in [5, 5.41) is 0.239. The molecular formula is C18H20ClNO3S. The normalized spacial score (nSPS) is 22.5. The van der Waals surface area contributed by atoms with Crippen molar-refractivity contribution in [2.75, 3.05) is 13.1 Å². The van der Waals surface area contributed by atoms with E-state index >= 15 is 0 Å². The molecule has 1 fully saturated rings. The van der Waals surface area contributed by atoms with Crippen molar-refractivity contribution in [3.8, 4) is 0 Å². The third-order valence-corrected chi connectivity index (χ3v) is 6.46. The maximum Gasteiger partial charge on any atom is 0.244 e. The largest absolute Gasteiger partial charge is 0.368 e. The first-order chi connectivity index (χ1) is 11.4. The van der Waals surface area contributed by atoms with Gasteiger partial charge in [0.25, 0.3) is 0 Å². The molecule has 0 N–H and O–H groups in total. The number of rotatable bonds is 3. The fraction of sp³-hybridized carbons (Fsp3) is 0.333. The molecule has 6 heteroatoms. The van der Waals surface area contributed by atoms with Crippen molar-refractivity contribution in [2.45, 2.75) is 31.0 Å². The molecule has 1 heterocycles. The van der Waals surface area contributed by atoms with Crippen LogP contribution in [0.1, 0.15) is 24.2 Å². The zero-order chi connectivity index (χ0) is 17.3. The molecule has 1 aliphatic rings. The number of ether oxygens (including phenoxy) is 1. The van der Waals surface area contributed by atoms with Crippen molar-refractivity contribution in [1.29, 1.82) is 0 Å². The van der Waals surface area contributed by atoms with Gasteiger partial charge in [0.15, 0.2) is 0 Å². The predicted octanol–water partition coefficient (Wildman–Crippen LogP) is 3.80. The molecule has 2 aromatic rings. The van der Waals surface area contributed by atoms with Crippen LogP contribution < -0.4 is 0 Å². The third-order valence-electron chi connectivity index (χ3n) is 4.13. The van der Waals surface area contributed by atoms with Crippen LogP contribution in [0.15, 0.2) is 53.4 Å². The molecule has 128 valence electrons. The van der Waals surface area contributed by atoms with Crippen LogP contribution >= 0.6 is 11.6 Å². The Kier molecular flexibility index (Phi) is 4.97. The lowest BCUT2D eigenvalue weighted by molar-refractivity contribution is -0.0557. The summed E-state index contributed by atoms with van der Waals surface area (Å²) in [7, 11) is -3.65. The maximum absolute atomic E-state index is 13.0. The number of aryl methyl sites for hydroxylation is 1. The van der Waals surface area contributed by atoms with E-state index < -0.39 is 10.0 Å². The molecule has 2 aromatic carbocycles. The molecule has 0 aliphatic carbocycles. The Morgan fingerprint density at radius 3 is 2.42 bits per heavy atom. The number of hydrogen-bond donors (Lipinski definition) is 0. The molecule has 24 heavy (non-hydrogen) atoms. The summed E-state index contributed by atoms with van der Waals surface area (Å²) in [5.74, 6) is 0. The second kappa shape index (κ2) is 6.84. The Bertz CT molecular complexity index is 820. The van der Waals surface area contributed by atoms with Crippen LogP contribution in [0.25, 0.3) is 0 Å². The molecule has 0 bridgehead atoms. The SMILES string of the molecule is Cc1ccc(C2CN(S(=O)(=O)c3ccccc3Cl)CC(C)O2)cc1. The summed E-state index contributed by atoms with van der Waals surface area (Å²) < 4.78 is 33.4. The van der Waals surface area contributed by atoms with Gasteiger partial charge in [-0.05, 0) is 31.5 Å². The summed E-state index contributed by atoms with van der Waals surface area (Å²) in [6, 6.07) is 14.5. The van der Waals surface area contributed by atoms with Crippen molar-refractivity contribution in [2.24, 2.45) is 0 Å². The van der Waals surface area contributed by atoms with Gasteiger partial charge in [-0.15, -0.1) is 0 Å². The van der Waals surface area contributed by atoms with Gasteiger partial charge in [0.1, 0.15) is 4.90 Å². The smallest absolute Gasteiger partial charge is 0.244 e. The van der Waals surface area contributed by atoms with Crippen LogP contribution in [0, 0.1) is 6.92 Å². The average molecular weight is 366 g/mol. The molecule has 0 spiro atoms. The average Bonchev–Trinajstić information content (AvgIpc) is 2.55. The van der Waals surface area contributed by atoms with Gasteiger partial charge in [0, 0.05) is 13.1 Å². The van der Waals surface area contributed by atoms with Gasteiger partial charge in [-0.1, -0.05) is 53.6 Å². The minimum atomic E-state index is -3.65. The van der Waals surface area contributed by atoms with Crippen LogP contribution in [-0.2, 0) is 14.8 Å². The van der Waals surface area contributed by atoms with Gasteiger partial charge in [0.2, 0.25) is 10.0 Å². The fourth-order valence-electron chi connectivity index (χ4n) is 2.87. The van der Waals surface area contributed by atoms with Crippen LogP contribution in [0.5, 0.6) is 0 Å². The Balaban J connectivity index is 1.91. The van der Waals surface area contributed by atoms with Crippen LogP contribution in [-0.4, -0.2) is 31.9 Å². The van der Waals surface area contributed by atoms with Gasteiger partial charge >= 0.3 is 0 Å². The lowest BCUT2D eigenvalue weighted by Crippen LogP contribution is -2.45. The second-order valence-corrected chi connectivity index (χ2v) is 8.41. The first kappa shape index (κ1) is 17.4. The first-order valence-corrected chi connectivity index (χ1v) is 9.66. The van der Waals surface area contributed by atoms with Crippen molar-refractivity contribution in [3.63, 3.8) is 0 Å². The molecule has 0 radical (unpaired) electrons. The lowest BCUT2D eigenvalue weighted by Gasteiger charge is -2.36. The van der Waals surface area contributed by atoms with E-state index in [1.807, 2.05) is 38.1 Å². The van der Waals surface area contributed by atoms with Gasteiger partial charge in [-0.3, -0.25) is 0 Å².